The highest BCUT2D eigenvalue weighted by molar-refractivity contribution is 6.86. The van der Waals surface area contributed by atoms with Crippen LogP contribution in [0.5, 0.6) is 11.5 Å². The van der Waals surface area contributed by atoms with Crippen LogP contribution in [-0.4, -0.2) is 54.8 Å². The van der Waals surface area contributed by atoms with Gasteiger partial charge < -0.3 is 23.2 Å². The number of anilines is 1. The number of ether oxygens (including phenoxy) is 3. The van der Waals surface area contributed by atoms with E-state index in [2.05, 4.69) is 89.2 Å². The van der Waals surface area contributed by atoms with Crippen molar-refractivity contribution in [2.75, 3.05) is 25.2 Å². The molecule has 0 saturated carbocycles. The van der Waals surface area contributed by atoms with Crippen molar-refractivity contribution in [2.45, 2.75) is 83.0 Å². The largest absolute Gasteiger partial charge is 0.490 e. The highest BCUT2D eigenvalue weighted by Gasteiger charge is 2.58. The van der Waals surface area contributed by atoms with Gasteiger partial charge in [0.2, 0.25) is 5.72 Å². The highest BCUT2D eigenvalue weighted by atomic mass is 28.4. The zero-order valence-electron chi connectivity index (χ0n) is 27.0. The third kappa shape index (κ3) is 6.12. The standard InChI is InChI=1S/C34H46N2O5Si2/c1-9-10-21-42(5,6)41-43(7,8)23-31(37)39-20-19-38-26-17-15-25-16-18-30-32(27(25)22-26)35-24-34(40-30)33(2,3)28-13-11-12-14-29(28)36(34)4/h11-18,22,24H,9-10,19-21,23H2,1-8H3. The number of nitrogens with zero attached hydrogens (tertiary/aromatic N) is 2. The van der Waals surface area contributed by atoms with Crippen LogP contribution in [0.3, 0.4) is 0 Å². The Bertz CT molecular complexity index is 1540. The van der Waals surface area contributed by atoms with Crippen molar-refractivity contribution in [2.24, 2.45) is 4.99 Å². The lowest BCUT2D eigenvalue weighted by molar-refractivity contribution is -0.141. The maximum Gasteiger partial charge on any atom is 0.305 e. The van der Waals surface area contributed by atoms with Crippen molar-refractivity contribution in [1.29, 1.82) is 0 Å². The first-order chi connectivity index (χ1) is 20.3. The van der Waals surface area contributed by atoms with Crippen LogP contribution in [0.4, 0.5) is 11.4 Å². The molecule has 7 nitrogen and oxygen atoms in total. The minimum atomic E-state index is -2.15. The van der Waals surface area contributed by atoms with E-state index in [1.807, 2.05) is 30.5 Å². The van der Waals surface area contributed by atoms with Gasteiger partial charge in [-0.15, -0.1) is 0 Å². The van der Waals surface area contributed by atoms with Crippen LogP contribution in [0.15, 0.2) is 59.6 Å². The Hall–Kier alpha value is -3.15. The molecule has 0 fully saturated rings. The van der Waals surface area contributed by atoms with E-state index in [0.717, 1.165) is 40.4 Å². The van der Waals surface area contributed by atoms with Gasteiger partial charge in [0.05, 0.1) is 17.7 Å². The SMILES string of the molecule is CCCC[Si](C)(C)O[Si](C)(C)CC(=O)OCCOc1ccc2ccc3c(c2c1)N=CC1(O3)N(C)c2ccccc2C1(C)C. The Kier molecular flexibility index (Phi) is 8.54. The number of unbranched alkanes of at least 4 members (excludes halogenated alkanes) is 1. The number of benzene rings is 3. The van der Waals surface area contributed by atoms with Crippen LogP contribution in [0.2, 0.25) is 38.3 Å². The monoisotopic (exact) mass is 618 g/mol. The lowest BCUT2D eigenvalue weighted by Gasteiger charge is -2.45. The number of hydrogen-bond acceptors (Lipinski definition) is 7. The summed E-state index contributed by atoms with van der Waals surface area (Å²) in [6.07, 6.45) is 4.29. The van der Waals surface area contributed by atoms with E-state index in [1.165, 1.54) is 12.0 Å². The van der Waals surface area contributed by atoms with Crippen molar-refractivity contribution in [1.82, 2.24) is 0 Å². The first-order valence-corrected chi connectivity index (χ1v) is 21.6. The van der Waals surface area contributed by atoms with Crippen molar-refractivity contribution in [3.05, 3.63) is 60.2 Å². The number of esters is 1. The second-order valence-electron chi connectivity index (χ2n) is 13.5. The van der Waals surface area contributed by atoms with Gasteiger partial charge in [0.1, 0.15) is 30.4 Å². The van der Waals surface area contributed by atoms with Crippen molar-refractivity contribution >= 4 is 51.0 Å². The Labute approximate surface area is 258 Å². The van der Waals surface area contributed by atoms with Gasteiger partial charge in [0.25, 0.3) is 0 Å². The summed E-state index contributed by atoms with van der Waals surface area (Å²) in [6, 6.07) is 19.9. The van der Waals surface area contributed by atoms with Crippen LogP contribution < -0.4 is 14.4 Å². The average molecular weight is 619 g/mol. The van der Waals surface area contributed by atoms with Gasteiger partial charge in [-0.2, -0.15) is 0 Å². The first kappa shape index (κ1) is 31.3. The number of hydrogen-bond donors (Lipinski definition) is 0. The van der Waals surface area contributed by atoms with E-state index in [1.54, 1.807) is 0 Å². The molecule has 5 rings (SSSR count). The molecule has 0 saturated heterocycles. The van der Waals surface area contributed by atoms with Gasteiger partial charge in [-0.05, 0) is 81.3 Å². The fraction of sp³-hybridized carbons (Fsp3) is 0.471. The average Bonchev–Trinajstić information content (AvgIpc) is 3.11. The zero-order valence-corrected chi connectivity index (χ0v) is 29.0. The molecule has 2 heterocycles. The van der Waals surface area contributed by atoms with E-state index in [-0.39, 0.29) is 24.6 Å². The Balaban J connectivity index is 1.22. The van der Waals surface area contributed by atoms with Crippen molar-refractivity contribution < 1.29 is 23.1 Å². The van der Waals surface area contributed by atoms with Crippen LogP contribution in [0, 0.1) is 0 Å². The van der Waals surface area contributed by atoms with Gasteiger partial charge in [-0.25, -0.2) is 0 Å². The fourth-order valence-electron chi connectivity index (χ4n) is 6.60. The summed E-state index contributed by atoms with van der Waals surface area (Å²) in [5, 5.41) is 2.00. The summed E-state index contributed by atoms with van der Waals surface area (Å²) in [4.78, 5) is 19.8. The Morgan fingerprint density at radius 2 is 1.74 bits per heavy atom. The van der Waals surface area contributed by atoms with Gasteiger partial charge in [-0.1, -0.05) is 50.1 Å². The maximum absolute atomic E-state index is 12.6. The summed E-state index contributed by atoms with van der Waals surface area (Å²) in [6.45, 7) is 15.8. The van der Waals surface area contributed by atoms with Gasteiger partial charge in [-0.3, -0.25) is 9.79 Å². The molecule has 230 valence electrons. The lowest BCUT2D eigenvalue weighted by Crippen LogP contribution is -2.61. The molecule has 9 heteroatoms. The topological polar surface area (TPSA) is 69.6 Å². The van der Waals surface area contributed by atoms with E-state index >= 15 is 0 Å². The van der Waals surface area contributed by atoms with E-state index in [9.17, 15) is 4.79 Å². The molecule has 0 amide bonds. The molecule has 0 radical (unpaired) electrons. The molecular formula is C34H46N2O5Si2. The van der Waals surface area contributed by atoms with Crippen LogP contribution >= 0.6 is 0 Å². The highest BCUT2D eigenvalue weighted by Crippen LogP contribution is 2.54. The van der Waals surface area contributed by atoms with Crippen LogP contribution in [0.1, 0.15) is 39.2 Å². The van der Waals surface area contributed by atoms with Crippen molar-refractivity contribution in [3.63, 3.8) is 0 Å². The minimum Gasteiger partial charge on any atom is -0.490 e. The Morgan fingerprint density at radius 3 is 2.49 bits per heavy atom. The number of carbonyl (C=O) groups excluding carboxylic acids is 1. The maximum atomic E-state index is 12.6. The number of para-hydroxylation sites is 1. The molecular weight excluding hydrogens is 573 g/mol. The van der Waals surface area contributed by atoms with Crippen LogP contribution in [-0.2, 0) is 19.1 Å². The van der Waals surface area contributed by atoms with Crippen molar-refractivity contribution in [3.8, 4) is 11.5 Å². The quantitative estimate of drug-likeness (QED) is 0.123. The number of fused-ring (bicyclic) bond motifs is 4. The number of carbonyl (C=O) groups is 1. The van der Waals surface area contributed by atoms with E-state index in [4.69, 9.17) is 23.3 Å². The predicted octanol–water partition coefficient (Wildman–Crippen LogP) is 8.21. The van der Waals surface area contributed by atoms with E-state index in [0.29, 0.717) is 11.8 Å². The molecule has 2 aliphatic rings. The molecule has 3 aromatic carbocycles. The summed E-state index contributed by atoms with van der Waals surface area (Å²) < 4.78 is 24.9. The Morgan fingerprint density at radius 1 is 1.00 bits per heavy atom. The summed E-state index contributed by atoms with van der Waals surface area (Å²) in [7, 11) is -1.85. The summed E-state index contributed by atoms with van der Waals surface area (Å²) in [5.41, 5.74) is 2.13. The summed E-state index contributed by atoms with van der Waals surface area (Å²) in [5.74, 6) is 1.22. The molecule has 3 aromatic rings. The molecule has 1 spiro atoms. The number of rotatable bonds is 11. The van der Waals surface area contributed by atoms with Crippen LogP contribution in [0.25, 0.3) is 10.8 Å². The zero-order chi connectivity index (χ0) is 31.0. The lowest BCUT2D eigenvalue weighted by atomic mass is 9.77. The third-order valence-corrected chi connectivity index (χ3v) is 15.9. The molecule has 1 atom stereocenters. The summed E-state index contributed by atoms with van der Waals surface area (Å²) >= 11 is 0. The molecule has 0 bridgehead atoms. The molecule has 0 N–H and O–H groups in total. The predicted molar refractivity (Wildman–Crippen MR) is 180 cm³/mol. The molecule has 0 aromatic heterocycles. The fourth-order valence-corrected chi connectivity index (χ4v) is 15.3. The van der Waals surface area contributed by atoms with Gasteiger partial charge in [0.15, 0.2) is 16.6 Å². The first-order valence-electron chi connectivity index (χ1n) is 15.4. The second-order valence-corrected chi connectivity index (χ2v) is 22.2. The smallest absolute Gasteiger partial charge is 0.305 e. The normalized spacial score (nSPS) is 18.8. The van der Waals surface area contributed by atoms with Gasteiger partial charge in [0, 0.05) is 18.1 Å². The molecule has 43 heavy (non-hydrogen) atoms. The number of likely N-dealkylation sites (N-methyl/N-ethyl adjacent to an activating group) is 1. The number of aliphatic imine (C=N–C) groups is 1. The third-order valence-electron chi connectivity index (χ3n) is 8.76. The second kappa shape index (κ2) is 11.7. The molecule has 2 aliphatic heterocycles. The van der Waals surface area contributed by atoms with Gasteiger partial charge >= 0.3 is 5.97 Å². The minimum absolute atomic E-state index is 0.191. The molecule has 0 aliphatic carbocycles. The molecule has 1 unspecified atom stereocenters. The van der Waals surface area contributed by atoms with E-state index < -0.39 is 22.4 Å².